The average molecular weight is 503 g/mol. The summed E-state index contributed by atoms with van der Waals surface area (Å²) in [6.07, 6.45) is 0. The maximum atomic E-state index is 13.3. The van der Waals surface area contributed by atoms with Crippen LogP contribution in [0, 0.1) is 12.3 Å². The number of halogens is 3. The molecular formula is C19H18Cl3N5O3S. The monoisotopic (exact) mass is 501 g/mol. The highest BCUT2D eigenvalue weighted by Gasteiger charge is 2.37. The van der Waals surface area contributed by atoms with E-state index >= 15 is 0 Å². The third-order valence-corrected chi connectivity index (χ3v) is 8.01. The van der Waals surface area contributed by atoms with Gasteiger partial charge in [-0.2, -0.15) is 4.31 Å². The van der Waals surface area contributed by atoms with Gasteiger partial charge in [-0.3, -0.25) is 10.4 Å². The van der Waals surface area contributed by atoms with Crippen LogP contribution in [0.15, 0.2) is 51.9 Å². The Balaban J connectivity index is 1.74. The Kier molecular flexibility index (Phi) is 6.06. The summed E-state index contributed by atoms with van der Waals surface area (Å²) in [5.74, 6) is 0. The molecule has 8 nitrogen and oxygen atoms in total. The van der Waals surface area contributed by atoms with Gasteiger partial charge in [-0.25, -0.2) is 8.42 Å². The molecule has 2 heterocycles. The molecule has 164 valence electrons. The van der Waals surface area contributed by atoms with E-state index in [2.05, 4.69) is 5.27 Å². The van der Waals surface area contributed by atoms with E-state index in [0.29, 0.717) is 5.02 Å². The molecule has 1 saturated heterocycles. The summed E-state index contributed by atoms with van der Waals surface area (Å²) < 4.78 is 33.0. The van der Waals surface area contributed by atoms with Crippen molar-refractivity contribution in [2.24, 2.45) is 0 Å². The Hall–Kier alpha value is -2.04. The van der Waals surface area contributed by atoms with E-state index in [9.17, 15) is 8.42 Å². The minimum absolute atomic E-state index is 0.00441. The number of nitrogens with one attached hydrogen (secondary N) is 1. The predicted octanol–water partition coefficient (Wildman–Crippen LogP) is 2.66. The number of rotatable bonds is 4. The zero-order valence-electron chi connectivity index (χ0n) is 16.3. The summed E-state index contributed by atoms with van der Waals surface area (Å²) in [6.45, 7) is 2.51. The lowest BCUT2D eigenvalue weighted by Crippen LogP contribution is -2.68. The van der Waals surface area contributed by atoms with Crippen molar-refractivity contribution in [3.63, 3.8) is 0 Å². The van der Waals surface area contributed by atoms with Crippen molar-refractivity contribution >= 4 is 44.8 Å². The maximum Gasteiger partial charge on any atom is 0.360 e. The molecule has 4 rings (SSSR count). The van der Waals surface area contributed by atoms with Crippen LogP contribution in [0.1, 0.15) is 17.2 Å². The van der Waals surface area contributed by atoms with Gasteiger partial charge in [0.25, 0.3) is 0 Å². The Bertz CT molecular complexity index is 1270. The molecule has 1 N–H and O–H groups in total. The van der Waals surface area contributed by atoms with Crippen molar-refractivity contribution in [2.45, 2.75) is 17.9 Å². The van der Waals surface area contributed by atoms with Gasteiger partial charge >= 0.3 is 10.7 Å². The first kappa shape index (κ1) is 22.2. The van der Waals surface area contributed by atoms with Crippen molar-refractivity contribution < 1.29 is 17.7 Å². The molecule has 0 aliphatic carbocycles. The number of hydrogen-bond acceptors (Lipinski definition) is 5. The summed E-state index contributed by atoms with van der Waals surface area (Å²) in [6, 6.07) is 11.6. The van der Waals surface area contributed by atoms with Crippen molar-refractivity contribution in [3.8, 4) is 0 Å². The lowest BCUT2D eigenvalue weighted by atomic mass is 10.0. The van der Waals surface area contributed by atoms with E-state index in [1.165, 1.54) is 27.3 Å². The molecule has 1 aliphatic heterocycles. The molecule has 31 heavy (non-hydrogen) atoms. The van der Waals surface area contributed by atoms with Gasteiger partial charge in [0.1, 0.15) is 4.90 Å². The van der Waals surface area contributed by atoms with Crippen LogP contribution in [0.3, 0.4) is 0 Å². The zero-order chi connectivity index (χ0) is 22.3. The second-order valence-electron chi connectivity index (χ2n) is 7.11. The van der Waals surface area contributed by atoms with Crippen molar-refractivity contribution in [2.75, 3.05) is 24.6 Å². The molecule has 0 saturated carbocycles. The zero-order valence-corrected chi connectivity index (χ0v) is 19.4. The third kappa shape index (κ3) is 4.20. The molecular weight excluding hydrogens is 485 g/mol. The quantitative estimate of drug-likeness (QED) is 0.554. The summed E-state index contributed by atoms with van der Waals surface area (Å²) in [5.41, 5.74) is 1.67. The maximum absolute atomic E-state index is 13.3. The van der Waals surface area contributed by atoms with Crippen LogP contribution in [0.2, 0.25) is 15.2 Å². The minimum atomic E-state index is -3.88. The smallest absolute Gasteiger partial charge is 0.360 e. The molecule has 1 fully saturated rings. The number of aromatic nitrogens is 2. The molecule has 0 amide bonds. The fourth-order valence-electron chi connectivity index (χ4n) is 3.49. The molecule has 0 spiro atoms. The second kappa shape index (κ2) is 8.48. The highest BCUT2D eigenvalue weighted by Crippen LogP contribution is 2.31. The van der Waals surface area contributed by atoms with Gasteiger partial charge in [0.05, 0.1) is 11.1 Å². The summed E-state index contributed by atoms with van der Waals surface area (Å²) >= 11 is 18.3. The summed E-state index contributed by atoms with van der Waals surface area (Å²) in [5, 5.41) is 13.8. The SMILES string of the molecule is Cc1ccc(C2CN(S(=O)(=O)c3ccc(Cl)cc3Cl)CCN2[n+]2[n-]oc(=N)c2Cl)cc1. The second-order valence-corrected chi connectivity index (χ2v) is 10.2. The first-order chi connectivity index (χ1) is 14.7. The molecule has 1 aromatic heterocycles. The number of benzene rings is 2. The van der Waals surface area contributed by atoms with Crippen LogP contribution in [-0.2, 0) is 10.0 Å². The number of piperazine rings is 1. The van der Waals surface area contributed by atoms with E-state index in [1.54, 1.807) is 5.01 Å². The Morgan fingerprint density at radius 2 is 1.84 bits per heavy atom. The van der Waals surface area contributed by atoms with Crippen LogP contribution in [0.25, 0.3) is 0 Å². The van der Waals surface area contributed by atoms with Crippen LogP contribution >= 0.6 is 34.8 Å². The normalized spacial score (nSPS) is 17.8. The average Bonchev–Trinajstić information content (AvgIpc) is 3.06. The first-order valence-electron chi connectivity index (χ1n) is 9.26. The standard InChI is InChI=1S/C19H18Cl3N5O3S/c1-12-2-4-13(5-3-12)16-11-25(8-9-26(16)27-18(22)19(23)30-24-27)31(28,29)17-7-6-14(20)10-15(17)21/h2-7,10,16,23H,8-9,11H2,1H3. The molecule has 2 aromatic carbocycles. The number of aryl methyl sites for hydroxylation is 1. The van der Waals surface area contributed by atoms with Crippen LogP contribution in [-0.4, -0.2) is 32.4 Å². The van der Waals surface area contributed by atoms with Gasteiger partial charge in [-0.15, -0.1) is 0 Å². The van der Waals surface area contributed by atoms with Crippen molar-refractivity contribution in [1.82, 2.24) is 9.58 Å². The van der Waals surface area contributed by atoms with Gasteiger partial charge < -0.3 is 4.52 Å². The fraction of sp³-hybridized carbons (Fsp3) is 0.263. The van der Waals surface area contributed by atoms with Crippen LogP contribution in [0.4, 0.5) is 0 Å². The number of hydrogen-bond donors (Lipinski definition) is 1. The van der Waals surface area contributed by atoms with E-state index in [0.717, 1.165) is 11.1 Å². The fourth-order valence-corrected chi connectivity index (χ4v) is 5.83. The molecule has 0 bridgehead atoms. The van der Waals surface area contributed by atoms with Crippen molar-refractivity contribution in [1.29, 1.82) is 5.41 Å². The van der Waals surface area contributed by atoms with Crippen molar-refractivity contribution in [3.05, 3.63) is 74.3 Å². The van der Waals surface area contributed by atoms with Crippen LogP contribution in [0.5, 0.6) is 0 Å². The predicted molar refractivity (Wildman–Crippen MR) is 115 cm³/mol. The van der Waals surface area contributed by atoms with Gasteiger partial charge in [0.2, 0.25) is 10.0 Å². The third-order valence-electron chi connectivity index (χ3n) is 5.10. The van der Waals surface area contributed by atoms with E-state index < -0.39 is 16.1 Å². The van der Waals surface area contributed by atoms with Gasteiger partial charge in [0.15, 0.2) is 0 Å². The Morgan fingerprint density at radius 1 is 1.13 bits per heavy atom. The van der Waals surface area contributed by atoms with E-state index in [-0.39, 0.29) is 40.3 Å². The Morgan fingerprint density at radius 3 is 2.45 bits per heavy atom. The molecule has 1 atom stereocenters. The first-order valence-corrected chi connectivity index (χ1v) is 11.8. The molecule has 12 heteroatoms. The Labute approximate surface area is 194 Å². The molecule has 1 aliphatic rings. The van der Waals surface area contributed by atoms with E-state index in [4.69, 9.17) is 44.7 Å². The van der Waals surface area contributed by atoms with Gasteiger partial charge in [-0.1, -0.05) is 57.8 Å². The van der Waals surface area contributed by atoms with Gasteiger partial charge in [-0.05, 0) is 47.6 Å². The number of nitrogens with zero attached hydrogens (tertiary/aromatic N) is 4. The molecule has 0 radical (unpaired) electrons. The van der Waals surface area contributed by atoms with E-state index in [1.807, 2.05) is 31.2 Å². The molecule has 3 aromatic rings. The molecule has 1 unspecified atom stereocenters. The van der Waals surface area contributed by atoms with Gasteiger partial charge in [0, 0.05) is 24.7 Å². The minimum Gasteiger partial charge on any atom is -0.379 e. The highest BCUT2D eigenvalue weighted by atomic mass is 35.5. The summed E-state index contributed by atoms with van der Waals surface area (Å²) in [7, 11) is -3.88. The topological polar surface area (TPSA) is 95.6 Å². The van der Waals surface area contributed by atoms with Crippen LogP contribution < -0.4 is 20.6 Å². The lowest BCUT2D eigenvalue weighted by Gasteiger charge is -2.41. The number of sulfonamides is 1. The lowest BCUT2D eigenvalue weighted by molar-refractivity contribution is -0.766. The largest absolute Gasteiger partial charge is 0.379 e. The highest BCUT2D eigenvalue weighted by molar-refractivity contribution is 7.89. The summed E-state index contributed by atoms with van der Waals surface area (Å²) in [4.78, 5) is 1.29.